The van der Waals surface area contributed by atoms with E-state index < -0.39 is 15.7 Å². The number of sulfone groups is 1. The Morgan fingerprint density at radius 3 is 2.56 bits per heavy atom. The first kappa shape index (κ1) is 18.9. The van der Waals surface area contributed by atoms with Crippen molar-refractivity contribution in [3.05, 3.63) is 48.5 Å². The molecule has 0 atom stereocenters. The summed E-state index contributed by atoms with van der Waals surface area (Å²) in [6.45, 7) is 0.499. The lowest BCUT2D eigenvalue weighted by Gasteiger charge is -2.16. The van der Waals surface area contributed by atoms with Gasteiger partial charge >= 0.3 is 0 Å². The van der Waals surface area contributed by atoms with Gasteiger partial charge in [0.2, 0.25) is 5.91 Å². The van der Waals surface area contributed by atoms with Crippen LogP contribution in [0.1, 0.15) is 12.8 Å². The molecule has 0 saturated carbocycles. The van der Waals surface area contributed by atoms with Crippen molar-refractivity contribution in [2.75, 3.05) is 29.6 Å². The van der Waals surface area contributed by atoms with E-state index in [0.717, 1.165) is 18.4 Å². The number of rotatable bonds is 6. The molecule has 2 aromatic rings. The summed E-state index contributed by atoms with van der Waals surface area (Å²) in [6.07, 6.45) is 2.53. The van der Waals surface area contributed by atoms with Crippen LogP contribution in [0.5, 0.6) is 5.75 Å². The number of nitrogens with zero attached hydrogens (tertiary/aromatic N) is 1. The van der Waals surface area contributed by atoms with E-state index in [0.29, 0.717) is 24.4 Å². The van der Waals surface area contributed by atoms with E-state index in [1.54, 1.807) is 41.3 Å². The molecule has 0 unspecified atom stereocenters. The van der Waals surface area contributed by atoms with Crippen LogP contribution in [-0.2, 0) is 19.4 Å². The molecule has 0 aromatic heterocycles. The second-order valence-electron chi connectivity index (χ2n) is 6.28. The van der Waals surface area contributed by atoms with Crippen molar-refractivity contribution in [1.82, 2.24) is 0 Å². The lowest BCUT2D eigenvalue weighted by molar-refractivity contribution is -0.118. The highest BCUT2D eigenvalue weighted by Gasteiger charge is 2.21. The fourth-order valence-electron chi connectivity index (χ4n) is 2.79. The average molecular weight is 388 g/mol. The molecule has 0 bridgehead atoms. The van der Waals surface area contributed by atoms with Crippen LogP contribution in [0.15, 0.2) is 53.4 Å². The average Bonchev–Trinajstić information content (AvgIpc) is 3.06. The second-order valence-corrected chi connectivity index (χ2v) is 8.30. The molecule has 7 nitrogen and oxygen atoms in total. The molecular weight excluding hydrogens is 368 g/mol. The molecular formula is C19H20N2O5S. The van der Waals surface area contributed by atoms with Gasteiger partial charge in [0, 0.05) is 30.6 Å². The number of carbonyl (C=O) groups excluding carboxylic acids is 2. The summed E-state index contributed by atoms with van der Waals surface area (Å²) in [5, 5.41) is 2.61. The lowest BCUT2D eigenvalue weighted by Crippen LogP contribution is -2.23. The zero-order chi connectivity index (χ0) is 19.4. The van der Waals surface area contributed by atoms with Gasteiger partial charge in [0.25, 0.3) is 5.91 Å². The van der Waals surface area contributed by atoms with Crippen molar-refractivity contribution >= 4 is 33.0 Å². The van der Waals surface area contributed by atoms with Crippen LogP contribution in [0.3, 0.4) is 0 Å². The third-order valence-electron chi connectivity index (χ3n) is 4.14. The number of amides is 2. The third kappa shape index (κ3) is 4.85. The Labute approximate surface area is 157 Å². The molecule has 1 fully saturated rings. The minimum atomic E-state index is -3.34. The molecule has 1 aliphatic rings. The lowest BCUT2D eigenvalue weighted by atomic mass is 10.3. The van der Waals surface area contributed by atoms with Gasteiger partial charge in [-0.25, -0.2) is 8.42 Å². The Morgan fingerprint density at radius 2 is 1.93 bits per heavy atom. The summed E-state index contributed by atoms with van der Waals surface area (Å²) in [5.41, 5.74) is 1.20. The van der Waals surface area contributed by atoms with E-state index in [1.807, 2.05) is 0 Å². The predicted octanol–water partition coefficient (Wildman–Crippen LogP) is 2.23. The number of benzene rings is 2. The molecule has 0 radical (unpaired) electrons. The maximum Gasteiger partial charge on any atom is 0.262 e. The molecule has 0 aliphatic carbocycles. The predicted molar refractivity (Wildman–Crippen MR) is 102 cm³/mol. The molecule has 1 saturated heterocycles. The van der Waals surface area contributed by atoms with Crippen molar-refractivity contribution in [2.45, 2.75) is 17.7 Å². The molecule has 1 N–H and O–H groups in total. The van der Waals surface area contributed by atoms with Gasteiger partial charge in [0.1, 0.15) is 5.75 Å². The molecule has 0 spiro atoms. The van der Waals surface area contributed by atoms with Gasteiger partial charge < -0.3 is 15.0 Å². The quantitative estimate of drug-likeness (QED) is 0.819. The summed E-state index contributed by atoms with van der Waals surface area (Å²) in [4.78, 5) is 25.6. The molecule has 27 heavy (non-hydrogen) atoms. The summed E-state index contributed by atoms with van der Waals surface area (Å²) in [7, 11) is -3.34. The minimum absolute atomic E-state index is 0.111. The standard InChI is InChI=1S/C19H20N2O5S/c1-27(24,25)17-5-2-4-14(12-17)20-18(22)13-26-16-9-7-15(8-10-16)21-11-3-6-19(21)23/h2,4-5,7-10,12H,3,6,11,13H2,1H3,(H,20,22). The van der Waals surface area contributed by atoms with Gasteiger partial charge in [0.05, 0.1) is 4.90 Å². The number of anilines is 2. The van der Waals surface area contributed by atoms with E-state index >= 15 is 0 Å². The minimum Gasteiger partial charge on any atom is -0.484 e. The smallest absolute Gasteiger partial charge is 0.262 e. The summed E-state index contributed by atoms with van der Waals surface area (Å²) in [6, 6.07) is 13.0. The Hall–Kier alpha value is -2.87. The van der Waals surface area contributed by atoms with Crippen molar-refractivity contribution < 1.29 is 22.7 Å². The van der Waals surface area contributed by atoms with Crippen molar-refractivity contribution in [1.29, 1.82) is 0 Å². The van der Waals surface area contributed by atoms with Crippen LogP contribution in [0, 0.1) is 0 Å². The molecule has 1 heterocycles. The monoisotopic (exact) mass is 388 g/mol. The number of carbonyl (C=O) groups is 2. The number of hydrogen-bond acceptors (Lipinski definition) is 5. The molecule has 2 amide bonds. The topological polar surface area (TPSA) is 92.8 Å². The second kappa shape index (κ2) is 7.79. The fraction of sp³-hybridized carbons (Fsp3) is 0.263. The molecule has 2 aromatic carbocycles. The van der Waals surface area contributed by atoms with E-state index in [9.17, 15) is 18.0 Å². The van der Waals surface area contributed by atoms with Gasteiger partial charge in [0.15, 0.2) is 16.4 Å². The maximum absolute atomic E-state index is 12.0. The maximum atomic E-state index is 12.0. The van der Waals surface area contributed by atoms with Crippen LogP contribution < -0.4 is 15.0 Å². The zero-order valence-electron chi connectivity index (χ0n) is 14.8. The molecule has 142 valence electrons. The zero-order valence-corrected chi connectivity index (χ0v) is 15.7. The van der Waals surface area contributed by atoms with E-state index in [2.05, 4.69) is 5.32 Å². The first-order valence-corrected chi connectivity index (χ1v) is 10.4. The summed E-state index contributed by atoms with van der Waals surface area (Å²) >= 11 is 0. The number of ether oxygens (including phenoxy) is 1. The van der Waals surface area contributed by atoms with Gasteiger partial charge in [-0.15, -0.1) is 0 Å². The highest BCUT2D eigenvalue weighted by molar-refractivity contribution is 7.90. The van der Waals surface area contributed by atoms with E-state index in [1.165, 1.54) is 12.1 Å². The first-order chi connectivity index (χ1) is 12.8. The van der Waals surface area contributed by atoms with Crippen LogP contribution in [-0.4, -0.2) is 39.6 Å². The Kier molecular flexibility index (Phi) is 5.46. The Bertz CT molecular complexity index is 954. The Balaban J connectivity index is 1.56. The van der Waals surface area contributed by atoms with Crippen LogP contribution in [0.2, 0.25) is 0 Å². The third-order valence-corrected chi connectivity index (χ3v) is 5.25. The van der Waals surface area contributed by atoms with E-state index in [-0.39, 0.29) is 17.4 Å². The SMILES string of the molecule is CS(=O)(=O)c1cccc(NC(=O)COc2ccc(N3CCCC3=O)cc2)c1. The number of nitrogens with one attached hydrogen (secondary N) is 1. The summed E-state index contributed by atoms with van der Waals surface area (Å²) in [5.74, 6) is 0.212. The van der Waals surface area contributed by atoms with Crippen LogP contribution in [0.4, 0.5) is 11.4 Å². The normalized spacial score (nSPS) is 14.3. The highest BCUT2D eigenvalue weighted by atomic mass is 32.2. The number of hydrogen-bond donors (Lipinski definition) is 1. The highest BCUT2D eigenvalue weighted by Crippen LogP contribution is 2.24. The molecule has 1 aliphatic heterocycles. The van der Waals surface area contributed by atoms with Crippen molar-refractivity contribution in [2.24, 2.45) is 0 Å². The van der Waals surface area contributed by atoms with Gasteiger partial charge in [-0.1, -0.05) is 6.07 Å². The van der Waals surface area contributed by atoms with Gasteiger partial charge in [-0.05, 0) is 48.9 Å². The molecule has 3 rings (SSSR count). The largest absolute Gasteiger partial charge is 0.484 e. The fourth-order valence-corrected chi connectivity index (χ4v) is 3.46. The summed E-state index contributed by atoms with van der Waals surface area (Å²) < 4.78 is 28.6. The van der Waals surface area contributed by atoms with Gasteiger partial charge in [-0.2, -0.15) is 0 Å². The van der Waals surface area contributed by atoms with Crippen molar-refractivity contribution in [3.8, 4) is 5.75 Å². The van der Waals surface area contributed by atoms with Crippen LogP contribution >= 0.6 is 0 Å². The molecule has 8 heteroatoms. The van der Waals surface area contributed by atoms with Crippen LogP contribution in [0.25, 0.3) is 0 Å². The van der Waals surface area contributed by atoms with E-state index in [4.69, 9.17) is 4.74 Å². The van der Waals surface area contributed by atoms with Gasteiger partial charge in [-0.3, -0.25) is 9.59 Å². The Morgan fingerprint density at radius 1 is 1.19 bits per heavy atom. The first-order valence-electron chi connectivity index (χ1n) is 8.46. The van der Waals surface area contributed by atoms with Crippen molar-refractivity contribution in [3.63, 3.8) is 0 Å².